The predicted octanol–water partition coefficient (Wildman–Crippen LogP) is 3.56. The molecule has 0 aliphatic heterocycles. The van der Waals surface area contributed by atoms with Crippen molar-refractivity contribution in [2.75, 3.05) is 7.11 Å². The fourth-order valence-electron chi connectivity index (χ4n) is 2.92. The molecule has 1 unspecified atom stereocenters. The number of benzene rings is 1. The molecule has 0 saturated heterocycles. The summed E-state index contributed by atoms with van der Waals surface area (Å²) >= 11 is 3.49. The fourth-order valence-corrected chi connectivity index (χ4v) is 3.73. The van der Waals surface area contributed by atoms with Gasteiger partial charge in [-0.15, -0.1) is 0 Å². The van der Waals surface area contributed by atoms with Crippen LogP contribution in [0.15, 0.2) is 41.1 Å². The average Bonchev–Trinajstić information content (AvgIpc) is 3.25. The minimum atomic E-state index is -0.486. The monoisotopic (exact) mass is 431 g/mol. The Labute approximate surface area is 166 Å². The molecule has 7 nitrogen and oxygen atoms in total. The van der Waals surface area contributed by atoms with Crippen LogP contribution >= 0.6 is 15.9 Å². The van der Waals surface area contributed by atoms with E-state index in [1.165, 1.54) is 0 Å². The second-order valence-corrected chi connectivity index (χ2v) is 7.29. The molecule has 0 aliphatic rings. The summed E-state index contributed by atoms with van der Waals surface area (Å²) in [6.07, 6.45) is 3.54. The fraction of sp³-hybridized carbons (Fsp3) is 0.316. The maximum atomic E-state index is 13.0. The molecule has 3 rings (SSSR count). The quantitative estimate of drug-likeness (QED) is 0.624. The summed E-state index contributed by atoms with van der Waals surface area (Å²) in [6, 6.07) is 7.08. The van der Waals surface area contributed by atoms with Crippen LogP contribution in [0.1, 0.15) is 53.4 Å². The number of nitrogens with zero attached hydrogens (tertiary/aromatic N) is 3. The Hall–Kier alpha value is -2.61. The molecule has 2 heterocycles. The number of methoxy groups -OCH3 is 1. The van der Waals surface area contributed by atoms with E-state index < -0.39 is 6.04 Å². The molecule has 0 radical (unpaired) electrons. The van der Waals surface area contributed by atoms with Gasteiger partial charge in [-0.1, -0.05) is 32.0 Å². The van der Waals surface area contributed by atoms with E-state index in [-0.39, 0.29) is 11.8 Å². The molecule has 0 fully saturated rings. The molecule has 0 saturated carbocycles. The molecule has 0 spiro atoms. The van der Waals surface area contributed by atoms with Crippen molar-refractivity contribution >= 4 is 21.8 Å². The molecule has 0 bridgehead atoms. The maximum Gasteiger partial charge on any atom is 0.273 e. The highest BCUT2D eigenvalue weighted by Crippen LogP contribution is 2.30. The van der Waals surface area contributed by atoms with Crippen molar-refractivity contribution in [1.82, 2.24) is 25.1 Å². The van der Waals surface area contributed by atoms with Crippen LogP contribution in [0.3, 0.4) is 0 Å². The number of halogens is 1. The largest absolute Gasteiger partial charge is 0.496 e. The van der Waals surface area contributed by atoms with Crippen molar-refractivity contribution in [3.8, 4) is 5.75 Å². The lowest BCUT2D eigenvalue weighted by molar-refractivity contribution is 0.0935. The van der Waals surface area contributed by atoms with Crippen molar-refractivity contribution in [2.45, 2.75) is 25.8 Å². The van der Waals surface area contributed by atoms with E-state index in [0.29, 0.717) is 21.7 Å². The van der Waals surface area contributed by atoms with Crippen molar-refractivity contribution < 1.29 is 9.53 Å². The zero-order chi connectivity index (χ0) is 19.6. The number of aryl methyl sites for hydroxylation is 1. The first-order valence-corrected chi connectivity index (χ1v) is 9.38. The number of carbonyl (C=O) groups excluding carboxylic acids is 1. The van der Waals surface area contributed by atoms with Crippen LogP contribution in [0.25, 0.3) is 0 Å². The van der Waals surface area contributed by atoms with Gasteiger partial charge >= 0.3 is 0 Å². The molecule has 1 aromatic carbocycles. The van der Waals surface area contributed by atoms with Crippen LogP contribution in [-0.4, -0.2) is 32.8 Å². The van der Waals surface area contributed by atoms with Crippen molar-refractivity contribution in [3.05, 3.63) is 63.9 Å². The lowest BCUT2D eigenvalue weighted by Crippen LogP contribution is -2.31. The Morgan fingerprint density at radius 2 is 2.07 bits per heavy atom. The van der Waals surface area contributed by atoms with E-state index >= 15 is 0 Å². The second kappa shape index (κ2) is 7.96. The standard InChI is InChI=1S/C19H22BrN5O2/c1-11(2)15-14(20)17(24-23-15)19(26)22-16(18-21-9-10-25(18)3)12-7-5-6-8-13(12)27-4/h5-11,16H,1-4H3,(H,22,26)(H,23,24). The highest BCUT2D eigenvalue weighted by molar-refractivity contribution is 9.10. The van der Waals surface area contributed by atoms with Gasteiger partial charge in [-0.2, -0.15) is 5.10 Å². The lowest BCUT2D eigenvalue weighted by Gasteiger charge is -2.21. The van der Waals surface area contributed by atoms with Crippen LogP contribution < -0.4 is 10.1 Å². The number of aromatic nitrogens is 4. The normalized spacial score (nSPS) is 12.2. The topological polar surface area (TPSA) is 84.8 Å². The van der Waals surface area contributed by atoms with Crippen molar-refractivity contribution in [1.29, 1.82) is 0 Å². The van der Waals surface area contributed by atoms with Gasteiger partial charge in [-0.05, 0) is 27.9 Å². The first-order chi connectivity index (χ1) is 12.9. The van der Waals surface area contributed by atoms with Gasteiger partial charge in [0.25, 0.3) is 5.91 Å². The van der Waals surface area contributed by atoms with Gasteiger partial charge < -0.3 is 14.6 Å². The number of rotatable bonds is 6. The van der Waals surface area contributed by atoms with Crippen LogP contribution in [0.2, 0.25) is 0 Å². The summed E-state index contributed by atoms with van der Waals surface area (Å²) in [5.74, 6) is 1.29. The molecule has 1 amide bonds. The molecule has 8 heteroatoms. The smallest absolute Gasteiger partial charge is 0.273 e. The number of nitrogens with one attached hydrogen (secondary N) is 2. The molecular formula is C19H22BrN5O2. The summed E-state index contributed by atoms with van der Waals surface area (Å²) < 4.78 is 8.04. The average molecular weight is 432 g/mol. The van der Waals surface area contributed by atoms with E-state index in [2.05, 4.69) is 36.4 Å². The first-order valence-electron chi connectivity index (χ1n) is 8.58. The lowest BCUT2D eigenvalue weighted by atomic mass is 10.0. The van der Waals surface area contributed by atoms with E-state index in [0.717, 1.165) is 11.3 Å². The van der Waals surface area contributed by atoms with Crippen molar-refractivity contribution in [2.24, 2.45) is 7.05 Å². The Balaban J connectivity index is 2.00. The maximum absolute atomic E-state index is 13.0. The minimum Gasteiger partial charge on any atom is -0.496 e. The third-order valence-corrected chi connectivity index (χ3v) is 5.17. The van der Waals surface area contributed by atoms with Gasteiger partial charge in [0.1, 0.15) is 17.6 Å². The molecule has 3 aromatic rings. The Kier molecular flexibility index (Phi) is 5.65. The Bertz CT molecular complexity index is 947. The summed E-state index contributed by atoms with van der Waals surface area (Å²) in [6.45, 7) is 4.07. The van der Waals surface area contributed by atoms with E-state index in [1.54, 1.807) is 13.3 Å². The number of amides is 1. The number of carbonyl (C=O) groups is 1. The van der Waals surface area contributed by atoms with E-state index in [1.807, 2.05) is 55.9 Å². The van der Waals surface area contributed by atoms with Gasteiger partial charge in [0.15, 0.2) is 5.69 Å². The number of para-hydroxylation sites is 1. The van der Waals surface area contributed by atoms with Gasteiger partial charge in [0, 0.05) is 25.0 Å². The Morgan fingerprint density at radius 3 is 2.67 bits per heavy atom. The van der Waals surface area contributed by atoms with Crippen LogP contribution in [0.5, 0.6) is 5.75 Å². The summed E-state index contributed by atoms with van der Waals surface area (Å²) in [5.41, 5.74) is 2.01. The van der Waals surface area contributed by atoms with Crippen molar-refractivity contribution in [3.63, 3.8) is 0 Å². The highest BCUT2D eigenvalue weighted by Gasteiger charge is 2.27. The van der Waals surface area contributed by atoms with Gasteiger partial charge in [-0.25, -0.2) is 4.98 Å². The van der Waals surface area contributed by atoms with Crippen LogP contribution in [0.4, 0.5) is 0 Å². The van der Waals surface area contributed by atoms with Gasteiger partial charge in [0.05, 0.1) is 17.3 Å². The molecule has 2 aromatic heterocycles. The third kappa shape index (κ3) is 3.75. The number of imidazole rings is 1. The molecule has 142 valence electrons. The molecule has 1 atom stereocenters. The SMILES string of the molecule is COc1ccccc1C(NC(=O)c1n[nH]c(C(C)C)c1Br)c1nccn1C. The summed E-state index contributed by atoms with van der Waals surface area (Å²) in [5, 5.41) is 10.2. The molecular weight excluding hydrogens is 410 g/mol. The van der Waals surface area contributed by atoms with E-state index in [4.69, 9.17) is 4.74 Å². The second-order valence-electron chi connectivity index (χ2n) is 6.50. The third-order valence-electron chi connectivity index (χ3n) is 4.37. The number of hydrogen-bond acceptors (Lipinski definition) is 4. The van der Waals surface area contributed by atoms with Crippen LogP contribution in [-0.2, 0) is 7.05 Å². The van der Waals surface area contributed by atoms with E-state index in [9.17, 15) is 4.79 Å². The van der Waals surface area contributed by atoms with Gasteiger partial charge in [-0.3, -0.25) is 9.89 Å². The predicted molar refractivity (Wildman–Crippen MR) is 106 cm³/mol. The summed E-state index contributed by atoms with van der Waals surface area (Å²) in [4.78, 5) is 17.4. The highest BCUT2D eigenvalue weighted by atomic mass is 79.9. The number of ether oxygens (including phenoxy) is 1. The minimum absolute atomic E-state index is 0.216. The molecule has 2 N–H and O–H groups in total. The molecule has 27 heavy (non-hydrogen) atoms. The zero-order valence-corrected chi connectivity index (χ0v) is 17.2. The number of hydrogen-bond donors (Lipinski definition) is 2. The van der Waals surface area contributed by atoms with Crippen LogP contribution in [0, 0.1) is 0 Å². The molecule has 0 aliphatic carbocycles. The summed E-state index contributed by atoms with van der Waals surface area (Å²) in [7, 11) is 3.49. The zero-order valence-electron chi connectivity index (χ0n) is 15.7. The Morgan fingerprint density at radius 1 is 1.33 bits per heavy atom. The first kappa shape index (κ1) is 19.2. The van der Waals surface area contributed by atoms with Gasteiger partial charge in [0.2, 0.25) is 0 Å². The number of H-pyrrole nitrogens is 1. The number of aromatic amines is 1.